The van der Waals surface area contributed by atoms with Crippen LogP contribution in [0.15, 0.2) is 48.8 Å². The number of amides is 1. The zero-order chi connectivity index (χ0) is 18.1. The first kappa shape index (κ1) is 18.6. The van der Waals surface area contributed by atoms with Crippen LogP contribution in [0.1, 0.15) is 30.9 Å². The molecule has 0 bridgehead atoms. The summed E-state index contributed by atoms with van der Waals surface area (Å²) in [6.45, 7) is 1.96. The molecule has 0 radical (unpaired) electrons. The number of nitrogens with zero attached hydrogens (tertiary/aromatic N) is 2. The average Bonchev–Trinajstić information content (AvgIpc) is 2.66. The second-order valence-electron chi connectivity index (χ2n) is 5.75. The van der Waals surface area contributed by atoms with Crippen LogP contribution in [0.3, 0.4) is 0 Å². The van der Waals surface area contributed by atoms with E-state index in [4.69, 9.17) is 4.74 Å². The highest BCUT2D eigenvalue weighted by atomic mass is 16.5. The number of hydrogen-bond donors (Lipinski definition) is 0. The Morgan fingerprint density at radius 3 is 2.52 bits per heavy atom. The number of ether oxygens (including phenoxy) is 1. The molecule has 2 aromatic rings. The van der Waals surface area contributed by atoms with Crippen LogP contribution in [0.4, 0.5) is 5.69 Å². The van der Waals surface area contributed by atoms with Gasteiger partial charge in [0, 0.05) is 24.5 Å². The van der Waals surface area contributed by atoms with Crippen molar-refractivity contribution in [3.8, 4) is 0 Å². The molecule has 0 N–H and O–H groups in total. The molecule has 0 aliphatic carbocycles. The number of carbonyl (C=O) groups is 2. The van der Waals surface area contributed by atoms with Crippen molar-refractivity contribution in [1.82, 2.24) is 4.98 Å². The smallest absolute Gasteiger partial charge is 0.325 e. The summed E-state index contributed by atoms with van der Waals surface area (Å²) in [5.41, 5.74) is 2.97. The lowest BCUT2D eigenvalue weighted by atomic mass is 10.1. The number of anilines is 1. The molecule has 0 aliphatic rings. The lowest BCUT2D eigenvalue weighted by molar-refractivity contribution is -0.140. The second-order valence-corrected chi connectivity index (χ2v) is 5.75. The van der Waals surface area contributed by atoms with Crippen molar-refractivity contribution in [3.63, 3.8) is 0 Å². The first-order chi connectivity index (χ1) is 12.2. The number of esters is 1. The molecule has 0 spiro atoms. The Labute approximate surface area is 148 Å². The number of benzene rings is 1. The summed E-state index contributed by atoms with van der Waals surface area (Å²) in [6.07, 6.45) is 6.18. The molecule has 0 saturated carbocycles. The van der Waals surface area contributed by atoms with Crippen LogP contribution in [0.5, 0.6) is 0 Å². The van der Waals surface area contributed by atoms with E-state index in [0.29, 0.717) is 6.42 Å². The van der Waals surface area contributed by atoms with Crippen molar-refractivity contribution in [1.29, 1.82) is 0 Å². The molecule has 1 aromatic carbocycles. The predicted molar refractivity (Wildman–Crippen MR) is 97.4 cm³/mol. The van der Waals surface area contributed by atoms with Gasteiger partial charge >= 0.3 is 5.97 Å². The third kappa shape index (κ3) is 5.41. The molecule has 0 fully saturated rings. The minimum Gasteiger partial charge on any atom is -0.468 e. The van der Waals surface area contributed by atoms with Crippen molar-refractivity contribution in [2.24, 2.45) is 0 Å². The maximum atomic E-state index is 12.8. The molecule has 5 nitrogen and oxygen atoms in total. The van der Waals surface area contributed by atoms with Crippen molar-refractivity contribution in [2.75, 3.05) is 18.6 Å². The highest BCUT2D eigenvalue weighted by Crippen LogP contribution is 2.22. The Hall–Kier alpha value is -2.69. The van der Waals surface area contributed by atoms with Gasteiger partial charge in [0.1, 0.15) is 6.54 Å². The van der Waals surface area contributed by atoms with Gasteiger partial charge < -0.3 is 9.64 Å². The molecule has 0 aliphatic heterocycles. The summed E-state index contributed by atoms with van der Waals surface area (Å²) in [6, 6.07) is 11.6. The second kappa shape index (κ2) is 9.57. The summed E-state index contributed by atoms with van der Waals surface area (Å²) >= 11 is 0. The lowest BCUT2D eigenvalue weighted by Crippen LogP contribution is -2.36. The fourth-order valence-electron chi connectivity index (χ4n) is 2.70. The fraction of sp³-hybridized carbons (Fsp3) is 0.350. The molecule has 1 aromatic heterocycles. The van der Waals surface area contributed by atoms with Gasteiger partial charge in [-0.2, -0.15) is 0 Å². The third-order valence-corrected chi connectivity index (χ3v) is 4.08. The standard InChI is InChI=1S/C20H24N2O3/c1-3-17-8-4-5-9-18(17)22(15-20(24)25-2)19(23)10-6-7-16-11-13-21-14-12-16/h4-5,8-9,11-14H,3,6-7,10,15H2,1-2H3. The van der Waals surface area contributed by atoms with Crippen LogP contribution in [0, 0.1) is 0 Å². The highest BCUT2D eigenvalue weighted by Gasteiger charge is 2.21. The number of aromatic nitrogens is 1. The van der Waals surface area contributed by atoms with Crippen LogP contribution in [0.2, 0.25) is 0 Å². The average molecular weight is 340 g/mol. The largest absolute Gasteiger partial charge is 0.468 e. The lowest BCUT2D eigenvalue weighted by Gasteiger charge is -2.24. The first-order valence-electron chi connectivity index (χ1n) is 8.49. The summed E-state index contributed by atoms with van der Waals surface area (Å²) in [5.74, 6) is -0.492. The number of aryl methyl sites for hydroxylation is 2. The van der Waals surface area contributed by atoms with E-state index in [9.17, 15) is 9.59 Å². The van der Waals surface area contributed by atoms with E-state index in [1.54, 1.807) is 12.4 Å². The SMILES string of the molecule is CCc1ccccc1N(CC(=O)OC)C(=O)CCCc1ccncc1. The van der Waals surface area contributed by atoms with E-state index in [1.165, 1.54) is 12.0 Å². The molecular formula is C20H24N2O3. The molecule has 25 heavy (non-hydrogen) atoms. The highest BCUT2D eigenvalue weighted by molar-refractivity contribution is 5.98. The van der Waals surface area contributed by atoms with E-state index >= 15 is 0 Å². The Kier molecular flexibility index (Phi) is 7.14. The van der Waals surface area contributed by atoms with Crippen molar-refractivity contribution >= 4 is 17.6 Å². The van der Waals surface area contributed by atoms with Crippen LogP contribution >= 0.6 is 0 Å². The summed E-state index contributed by atoms with van der Waals surface area (Å²) < 4.78 is 4.76. The zero-order valence-corrected chi connectivity index (χ0v) is 14.8. The van der Waals surface area contributed by atoms with Crippen molar-refractivity contribution in [2.45, 2.75) is 32.6 Å². The van der Waals surface area contributed by atoms with Gasteiger partial charge in [0.2, 0.25) is 5.91 Å². The van der Waals surface area contributed by atoms with Gasteiger partial charge in [-0.3, -0.25) is 14.6 Å². The van der Waals surface area contributed by atoms with E-state index in [-0.39, 0.29) is 12.5 Å². The van der Waals surface area contributed by atoms with E-state index in [2.05, 4.69) is 4.98 Å². The van der Waals surface area contributed by atoms with Crippen LogP contribution in [-0.2, 0) is 27.2 Å². The molecule has 0 atom stereocenters. The van der Waals surface area contributed by atoms with Gasteiger partial charge in [-0.15, -0.1) is 0 Å². The van der Waals surface area contributed by atoms with E-state index in [1.807, 2.05) is 43.3 Å². The topological polar surface area (TPSA) is 59.5 Å². The van der Waals surface area contributed by atoms with Crippen LogP contribution in [-0.4, -0.2) is 30.5 Å². The van der Waals surface area contributed by atoms with E-state index in [0.717, 1.165) is 36.1 Å². The molecule has 0 saturated heterocycles. The summed E-state index contributed by atoms with van der Waals surface area (Å²) in [7, 11) is 1.33. The molecule has 2 rings (SSSR count). The maximum absolute atomic E-state index is 12.8. The quantitative estimate of drug-likeness (QED) is 0.693. The first-order valence-corrected chi connectivity index (χ1v) is 8.49. The Morgan fingerprint density at radius 2 is 1.84 bits per heavy atom. The minimum absolute atomic E-state index is 0.0679. The summed E-state index contributed by atoms with van der Waals surface area (Å²) in [4.78, 5) is 30.1. The number of rotatable bonds is 8. The Balaban J connectivity index is 2.08. The third-order valence-electron chi connectivity index (χ3n) is 4.08. The van der Waals surface area contributed by atoms with Crippen molar-refractivity contribution in [3.05, 3.63) is 59.9 Å². The van der Waals surface area contributed by atoms with Gasteiger partial charge in [-0.05, 0) is 48.6 Å². The van der Waals surface area contributed by atoms with Crippen LogP contribution in [0.25, 0.3) is 0 Å². The van der Waals surface area contributed by atoms with Crippen molar-refractivity contribution < 1.29 is 14.3 Å². The van der Waals surface area contributed by atoms with Gasteiger partial charge in [0.05, 0.1) is 7.11 Å². The number of hydrogen-bond acceptors (Lipinski definition) is 4. The van der Waals surface area contributed by atoms with Gasteiger partial charge in [0.15, 0.2) is 0 Å². The fourth-order valence-corrected chi connectivity index (χ4v) is 2.70. The van der Waals surface area contributed by atoms with E-state index < -0.39 is 5.97 Å². The summed E-state index contributed by atoms with van der Waals surface area (Å²) in [5, 5.41) is 0. The Bertz CT molecular complexity index is 701. The van der Waals surface area contributed by atoms with Crippen LogP contribution < -0.4 is 4.90 Å². The minimum atomic E-state index is -0.423. The molecular weight excluding hydrogens is 316 g/mol. The molecule has 1 heterocycles. The monoisotopic (exact) mass is 340 g/mol. The molecule has 5 heteroatoms. The molecule has 0 unspecified atom stereocenters. The normalized spacial score (nSPS) is 10.3. The van der Waals surface area contributed by atoms with Gasteiger partial charge in [0.25, 0.3) is 0 Å². The van der Waals surface area contributed by atoms with Gasteiger partial charge in [-0.25, -0.2) is 0 Å². The molecule has 1 amide bonds. The number of para-hydroxylation sites is 1. The number of pyridine rings is 1. The number of methoxy groups -OCH3 is 1. The Morgan fingerprint density at radius 1 is 1.12 bits per heavy atom. The predicted octanol–water partition coefficient (Wildman–Crippen LogP) is 3.17. The zero-order valence-electron chi connectivity index (χ0n) is 14.8. The number of carbonyl (C=O) groups excluding carboxylic acids is 2. The van der Waals surface area contributed by atoms with Gasteiger partial charge in [-0.1, -0.05) is 25.1 Å². The molecule has 132 valence electrons. The maximum Gasteiger partial charge on any atom is 0.325 e.